The van der Waals surface area contributed by atoms with Gasteiger partial charge in [0.05, 0.1) is 17.4 Å². The summed E-state index contributed by atoms with van der Waals surface area (Å²) in [7, 11) is 0. The van der Waals surface area contributed by atoms with E-state index in [2.05, 4.69) is 30.3 Å². The first-order valence-corrected chi connectivity index (χ1v) is 12.1. The first kappa shape index (κ1) is 22.6. The van der Waals surface area contributed by atoms with E-state index in [9.17, 15) is 4.79 Å². The van der Waals surface area contributed by atoms with Gasteiger partial charge in [-0.2, -0.15) is 0 Å². The molecule has 0 aromatic heterocycles. The Morgan fingerprint density at radius 3 is 2.00 bits per heavy atom. The average molecular weight is 461 g/mol. The average Bonchev–Trinajstić information content (AvgIpc) is 3.42. The van der Waals surface area contributed by atoms with Crippen LogP contribution in [0.25, 0.3) is 0 Å². The van der Waals surface area contributed by atoms with E-state index in [1.165, 1.54) is 0 Å². The zero-order chi connectivity index (χ0) is 23.9. The fourth-order valence-corrected chi connectivity index (χ4v) is 4.59. The highest BCUT2D eigenvalue weighted by molar-refractivity contribution is 6.14. The second kappa shape index (κ2) is 10.8. The van der Waals surface area contributed by atoms with Gasteiger partial charge in [0.25, 0.3) is 0 Å². The number of likely N-dealkylation sites (tertiary alicyclic amines) is 1. The van der Waals surface area contributed by atoms with E-state index in [0.29, 0.717) is 6.54 Å². The van der Waals surface area contributed by atoms with Gasteiger partial charge < -0.3 is 9.64 Å². The molecule has 1 unspecified atom stereocenters. The molecule has 0 spiro atoms. The molecule has 5 rings (SSSR count). The van der Waals surface area contributed by atoms with Crippen LogP contribution in [0.1, 0.15) is 41.1 Å². The number of hydrogen-bond acceptors (Lipinski definition) is 3. The molecular weight excluding hydrogens is 432 g/mol. The third-order valence-electron chi connectivity index (χ3n) is 6.31. The van der Waals surface area contributed by atoms with Crippen LogP contribution in [0.2, 0.25) is 0 Å². The molecule has 1 saturated heterocycles. The Bertz CT molecular complexity index is 1250. The van der Waals surface area contributed by atoms with E-state index in [1.54, 1.807) is 0 Å². The lowest BCUT2D eigenvalue weighted by Crippen LogP contribution is -2.31. The second-order valence-electron chi connectivity index (χ2n) is 8.64. The minimum absolute atomic E-state index is 0.0639. The monoisotopic (exact) mass is 460 g/mol. The van der Waals surface area contributed by atoms with E-state index in [4.69, 9.17) is 9.73 Å². The third kappa shape index (κ3) is 5.33. The number of hydrogen-bond donors (Lipinski definition) is 0. The van der Waals surface area contributed by atoms with Crippen LogP contribution in [0.4, 0.5) is 10.5 Å². The Morgan fingerprint density at radius 2 is 1.34 bits per heavy atom. The second-order valence-corrected chi connectivity index (χ2v) is 8.64. The number of rotatable bonds is 6. The zero-order valence-corrected chi connectivity index (χ0v) is 19.6. The minimum Gasteiger partial charge on any atom is -0.445 e. The summed E-state index contributed by atoms with van der Waals surface area (Å²) in [6.07, 6.45) is 1.55. The molecule has 4 heteroatoms. The quantitative estimate of drug-likeness (QED) is 0.283. The van der Waals surface area contributed by atoms with Crippen LogP contribution in [0.3, 0.4) is 0 Å². The summed E-state index contributed by atoms with van der Waals surface area (Å²) in [5.74, 6) is 0. The number of benzene rings is 4. The first-order valence-electron chi connectivity index (χ1n) is 12.1. The summed E-state index contributed by atoms with van der Waals surface area (Å²) in [4.78, 5) is 20.1. The number of nitrogens with zero attached hydrogens (tertiary/aromatic N) is 2. The van der Waals surface area contributed by atoms with Gasteiger partial charge >= 0.3 is 6.09 Å². The summed E-state index contributed by atoms with van der Waals surface area (Å²) in [6, 6.07) is 38.3. The van der Waals surface area contributed by atoms with Gasteiger partial charge in [0, 0.05) is 23.2 Å². The van der Waals surface area contributed by atoms with Gasteiger partial charge in [0.1, 0.15) is 6.61 Å². The normalized spacial score (nSPS) is 15.0. The van der Waals surface area contributed by atoms with E-state index < -0.39 is 0 Å². The maximum atomic E-state index is 13.0. The molecule has 1 fully saturated rings. The van der Waals surface area contributed by atoms with Crippen molar-refractivity contribution in [2.75, 3.05) is 6.54 Å². The molecule has 1 aliphatic heterocycles. The molecule has 0 N–H and O–H groups in total. The van der Waals surface area contributed by atoms with Crippen LogP contribution in [0.15, 0.2) is 120 Å². The largest absolute Gasteiger partial charge is 0.445 e. The molecule has 1 atom stereocenters. The van der Waals surface area contributed by atoms with Gasteiger partial charge in [0.2, 0.25) is 0 Å². The Labute approximate surface area is 206 Å². The Morgan fingerprint density at radius 1 is 0.771 bits per heavy atom. The van der Waals surface area contributed by atoms with Gasteiger partial charge in [-0.1, -0.05) is 109 Å². The number of amides is 1. The molecule has 1 amide bonds. The lowest BCUT2D eigenvalue weighted by atomic mass is 10.00. The first-order chi connectivity index (χ1) is 17.3. The highest BCUT2D eigenvalue weighted by atomic mass is 16.6. The van der Waals surface area contributed by atoms with Crippen molar-refractivity contribution in [2.24, 2.45) is 4.99 Å². The molecular formula is C31H28N2O2. The Kier molecular flexibility index (Phi) is 7.00. The molecule has 4 aromatic carbocycles. The van der Waals surface area contributed by atoms with Crippen LogP contribution < -0.4 is 0 Å². The van der Waals surface area contributed by atoms with Gasteiger partial charge in [0.15, 0.2) is 0 Å². The fraction of sp³-hybridized carbons (Fsp3) is 0.161. The molecule has 4 nitrogen and oxygen atoms in total. The summed E-state index contributed by atoms with van der Waals surface area (Å²) < 4.78 is 5.67. The number of carbonyl (C=O) groups is 1. The molecule has 35 heavy (non-hydrogen) atoms. The summed E-state index contributed by atoms with van der Waals surface area (Å²) in [5, 5.41) is 0. The SMILES string of the molecule is O=C(OCc1ccccc1)N1CCCC1c1ccccc1N=C(c1ccccc1)c1ccccc1. The van der Waals surface area contributed by atoms with Crippen molar-refractivity contribution in [3.05, 3.63) is 138 Å². The van der Waals surface area contributed by atoms with Crippen molar-refractivity contribution in [1.82, 2.24) is 4.90 Å². The zero-order valence-electron chi connectivity index (χ0n) is 19.6. The van der Waals surface area contributed by atoms with E-state index in [0.717, 1.165) is 46.5 Å². The van der Waals surface area contributed by atoms with E-state index in [1.807, 2.05) is 89.8 Å². The molecule has 0 radical (unpaired) electrons. The minimum atomic E-state index is -0.276. The molecule has 0 saturated carbocycles. The highest BCUT2D eigenvalue weighted by Gasteiger charge is 2.32. The number of aliphatic imine (C=N–C) groups is 1. The van der Waals surface area contributed by atoms with Gasteiger partial charge in [-0.05, 0) is 24.5 Å². The third-order valence-corrected chi connectivity index (χ3v) is 6.31. The van der Waals surface area contributed by atoms with Crippen LogP contribution >= 0.6 is 0 Å². The van der Waals surface area contributed by atoms with Crippen LogP contribution in [-0.4, -0.2) is 23.2 Å². The predicted octanol–water partition coefficient (Wildman–Crippen LogP) is 7.33. The Balaban J connectivity index is 1.46. The molecule has 0 aliphatic carbocycles. The van der Waals surface area contributed by atoms with Gasteiger partial charge in [-0.25, -0.2) is 9.79 Å². The van der Waals surface area contributed by atoms with Gasteiger partial charge in [-0.15, -0.1) is 0 Å². The molecule has 4 aromatic rings. The maximum absolute atomic E-state index is 13.0. The number of para-hydroxylation sites is 1. The standard InChI is InChI=1S/C31H28N2O2/c34-31(35-23-24-13-4-1-5-14-24)33-22-12-21-29(33)27-19-10-11-20-28(27)32-30(25-15-6-2-7-16-25)26-17-8-3-9-18-26/h1-11,13-20,29H,12,21-23H2. The molecule has 174 valence electrons. The smallest absolute Gasteiger partial charge is 0.410 e. The Hall–Kier alpha value is -4.18. The van der Waals surface area contributed by atoms with Crippen molar-refractivity contribution in [3.63, 3.8) is 0 Å². The van der Waals surface area contributed by atoms with Crippen LogP contribution in [0.5, 0.6) is 0 Å². The van der Waals surface area contributed by atoms with Crippen molar-refractivity contribution in [3.8, 4) is 0 Å². The van der Waals surface area contributed by atoms with Crippen molar-refractivity contribution in [2.45, 2.75) is 25.5 Å². The molecule has 1 aliphatic rings. The van der Waals surface area contributed by atoms with Crippen molar-refractivity contribution >= 4 is 17.5 Å². The lowest BCUT2D eigenvalue weighted by molar-refractivity contribution is 0.0921. The van der Waals surface area contributed by atoms with Crippen molar-refractivity contribution in [1.29, 1.82) is 0 Å². The summed E-state index contributed by atoms with van der Waals surface area (Å²) >= 11 is 0. The summed E-state index contributed by atoms with van der Waals surface area (Å²) in [6.45, 7) is 0.954. The lowest BCUT2D eigenvalue weighted by Gasteiger charge is -2.25. The van der Waals surface area contributed by atoms with E-state index >= 15 is 0 Å². The fourth-order valence-electron chi connectivity index (χ4n) is 4.59. The topological polar surface area (TPSA) is 41.9 Å². The van der Waals surface area contributed by atoms with Gasteiger partial charge in [-0.3, -0.25) is 0 Å². The highest BCUT2D eigenvalue weighted by Crippen LogP contribution is 2.38. The predicted molar refractivity (Wildman–Crippen MR) is 140 cm³/mol. The van der Waals surface area contributed by atoms with Crippen LogP contribution in [0, 0.1) is 0 Å². The summed E-state index contributed by atoms with van der Waals surface area (Å²) in [5.41, 5.74) is 5.93. The molecule has 0 bridgehead atoms. The maximum Gasteiger partial charge on any atom is 0.410 e. The molecule has 1 heterocycles. The number of ether oxygens (including phenoxy) is 1. The van der Waals surface area contributed by atoms with Crippen molar-refractivity contribution < 1.29 is 9.53 Å². The van der Waals surface area contributed by atoms with E-state index in [-0.39, 0.29) is 18.7 Å². The van der Waals surface area contributed by atoms with Crippen LogP contribution in [-0.2, 0) is 11.3 Å². The number of carbonyl (C=O) groups excluding carboxylic acids is 1.